The van der Waals surface area contributed by atoms with Crippen LogP contribution in [-0.4, -0.2) is 28.8 Å². The SMILES string of the molecule is Cc1nc(CC(C)(O)C2CCCNC2)sc1C. The van der Waals surface area contributed by atoms with Crippen LogP contribution < -0.4 is 5.32 Å². The minimum atomic E-state index is -0.635. The van der Waals surface area contributed by atoms with Gasteiger partial charge in [-0.15, -0.1) is 11.3 Å². The average molecular weight is 254 g/mol. The third-order valence-electron chi connectivity index (χ3n) is 3.76. The molecule has 17 heavy (non-hydrogen) atoms. The van der Waals surface area contributed by atoms with E-state index in [9.17, 15) is 5.11 Å². The Balaban J connectivity index is 2.05. The maximum Gasteiger partial charge on any atom is 0.0959 e. The summed E-state index contributed by atoms with van der Waals surface area (Å²) in [5.74, 6) is 0.348. The molecule has 0 radical (unpaired) electrons. The van der Waals surface area contributed by atoms with Crippen LogP contribution in [-0.2, 0) is 6.42 Å². The van der Waals surface area contributed by atoms with E-state index in [1.165, 1.54) is 4.88 Å². The molecule has 1 aliphatic rings. The first-order valence-electron chi connectivity index (χ1n) is 6.35. The van der Waals surface area contributed by atoms with Gasteiger partial charge in [-0.3, -0.25) is 0 Å². The summed E-state index contributed by atoms with van der Waals surface area (Å²) in [5, 5.41) is 15.1. The van der Waals surface area contributed by atoms with Gasteiger partial charge in [0, 0.05) is 23.8 Å². The second kappa shape index (κ2) is 5.04. The molecule has 3 nitrogen and oxygen atoms in total. The average Bonchev–Trinajstić information content (AvgIpc) is 2.58. The number of nitrogens with one attached hydrogen (secondary N) is 1. The van der Waals surface area contributed by atoms with Crippen molar-refractivity contribution in [3.8, 4) is 0 Å². The molecule has 1 aromatic rings. The van der Waals surface area contributed by atoms with Crippen molar-refractivity contribution >= 4 is 11.3 Å². The van der Waals surface area contributed by atoms with Crippen LogP contribution in [0.1, 0.15) is 35.3 Å². The Labute approximate surface area is 107 Å². The van der Waals surface area contributed by atoms with Gasteiger partial charge in [0.05, 0.1) is 16.3 Å². The van der Waals surface area contributed by atoms with E-state index in [4.69, 9.17) is 0 Å². The summed E-state index contributed by atoms with van der Waals surface area (Å²) in [7, 11) is 0. The molecule has 0 spiro atoms. The molecule has 4 heteroatoms. The van der Waals surface area contributed by atoms with Crippen molar-refractivity contribution in [2.45, 2.75) is 45.6 Å². The van der Waals surface area contributed by atoms with Crippen LogP contribution in [0.2, 0.25) is 0 Å². The van der Waals surface area contributed by atoms with Gasteiger partial charge < -0.3 is 10.4 Å². The van der Waals surface area contributed by atoms with Crippen molar-refractivity contribution in [2.75, 3.05) is 13.1 Å². The Bertz CT molecular complexity index is 361. The molecule has 96 valence electrons. The van der Waals surface area contributed by atoms with E-state index < -0.39 is 5.60 Å². The molecule has 1 saturated heterocycles. The summed E-state index contributed by atoms with van der Waals surface area (Å²) in [6.07, 6.45) is 2.96. The zero-order valence-corrected chi connectivity index (χ0v) is 11.7. The van der Waals surface area contributed by atoms with Gasteiger partial charge in [-0.25, -0.2) is 4.98 Å². The van der Waals surface area contributed by atoms with Crippen LogP contribution in [0.15, 0.2) is 0 Å². The summed E-state index contributed by atoms with van der Waals surface area (Å²) >= 11 is 1.71. The molecule has 0 aromatic carbocycles. The topological polar surface area (TPSA) is 45.2 Å². The molecule has 2 unspecified atom stereocenters. The number of hydrogen-bond donors (Lipinski definition) is 2. The molecule has 2 heterocycles. The zero-order valence-electron chi connectivity index (χ0n) is 10.9. The lowest BCUT2D eigenvalue weighted by molar-refractivity contribution is -0.0102. The number of aliphatic hydroxyl groups is 1. The van der Waals surface area contributed by atoms with Gasteiger partial charge >= 0.3 is 0 Å². The molecule has 1 aliphatic heterocycles. The highest BCUT2D eigenvalue weighted by Gasteiger charge is 2.33. The lowest BCUT2D eigenvalue weighted by atomic mass is 9.81. The van der Waals surface area contributed by atoms with Crippen molar-refractivity contribution in [3.05, 3.63) is 15.6 Å². The number of hydrogen-bond acceptors (Lipinski definition) is 4. The molecule has 2 N–H and O–H groups in total. The smallest absolute Gasteiger partial charge is 0.0959 e. The Hall–Kier alpha value is -0.450. The molecular formula is C13H22N2OS. The first kappa shape index (κ1) is 13.0. The molecule has 0 aliphatic carbocycles. The van der Waals surface area contributed by atoms with Crippen LogP contribution in [0.25, 0.3) is 0 Å². The predicted molar refractivity (Wildman–Crippen MR) is 71.5 cm³/mol. The van der Waals surface area contributed by atoms with E-state index in [0.717, 1.165) is 36.6 Å². The zero-order chi connectivity index (χ0) is 12.5. The normalized spacial score (nSPS) is 24.6. The highest BCUT2D eigenvalue weighted by Crippen LogP contribution is 2.29. The highest BCUT2D eigenvalue weighted by atomic mass is 32.1. The molecule has 1 fully saturated rings. The van der Waals surface area contributed by atoms with Gasteiger partial charge in [-0.2, -0.15) is 0 Å². The van der Waals surface area contributed by atoms with E-state index in [2.05, 4.69) is 17.2 Å². The quantitative estimate of drug-likeness (QED) is 0.868. The molecule has 1 aromatic heterocycles. The summed E-state index contributed by atoms with van der Waals surface area (Å²) in [6.45, 7) is 8.09. The highest BCUT2D eigenvalue weighted by molar-refractivity contribution is 7.11. The molecule has 0 saturated carbocycles. The van der Waals surface area contributed by atoms with Crippen molar-refractivity contribution in [1.29, 1.82) is 0 Å². The number of aryl methyl sites for hydroxylation is 2. The molecule has 2 atom stereocenters. The van der Waals surface area contributed by atoms with Crippen LogP contribution in [0, 0.1) is 19.8 Å². The third-order valence-corrected chi connectivity index (χ3v) is 4.83. The first-order chi connectivity index (χ1) is 7.99. The molecular weight excluding hydrogens is 232 g/mol. The van der Waals surface area contributed by atoms with Gasteiger partial charge in [-0.05, 0) is 40.2 Å². The van der Waals surface area contributed by atoms with Gasteiger partial charge in [0.2, 0.25) is 0 Å². The number of nitrogens with zero attached hydrogens (tertiary/aromatic N) is 1. The third kappa shape index (κ3) is 3.06. The summed E-state index contributed by atoms with van der Waals surface area (Å²) in [5.41, 5.74) is 0.465. The van der Waals surface area contributed by atoms with Crippen LogP contribution in [0.3, 0.4) is 0 Å². The number of rotatable bonds is 3. The Kier molecular flexibility index (Phi) is 3.85. The second-order valence-corrected chi connectivity index (χ2v) is 6.61. The fraction of sp³-hybridized carbons (Fsp3) is 0.769. The number of aromatic nitrogens is 1. The van der Waals surface area contributed by atoms with E-state index in [1.807, 2.05) is 13.8 Å². The van der Waals surface area contributed by atoms with Gasteiger partial charge in [0.25, 0.3) is 0 Å². The fourth-order valence-electron chi connectivity index (χ4n) is 2.45. The maximum absolute atomic E-state index is 10.6. The van der Waals surface area contributed by atoms with E-state index in [-0.39, 0.29) is 0 Å². The lowest BCUT2D eigenvalue weighted by Gasteiger charge is -2.35. The predicted octanol–water partition coefficient (Wildman–Crippen LogP) is 2.05. The van der Waals surface area contributed by atoms with Gasteiger partial charge in [0.1, 0.15) is 0 Å². The monoisotopic (exact) mass is 254 g/mol. The standard InChI is InChI=1S/C13H22N2OS/c1-9-10(2)17-12(15-9)7-13(3,16)11-5-4-6-14-8-11/h11,14,16H,4-8H2,1-3H3. The van der Waals surface area contributed by atoms with Gasteiger partial charge in [-0.1, -0.05) is 0 Å². The molecule has 0 bridgehead atoms. The van der Waals surface area contributed by atoms with E-state index in [1.54, 1.807) is 11.3 Å². The summed E-state index contributed by atoms with van der Waals surface area (Å²) < 4.78 is 0. The Morgan fingerprint density at radius 1 is 1.53 bits per heavy atom. The van der Waals surface area contributed by atoms with E-state index in [0.29, 0.717) is 12.3 Å². The van der Waals surface area contributed by atoms with Crippen molar-refractivity contribution < 1.29 is 5.11 Å². The van der Waals surface area contributed by atoms with E-state index >= 15 is 0 Å². The van der Waals surface area contributed by atoms with Crippen LogP contribution >= 0.6 is 11.3 Å². The fourth-order valence-corrected chi connectivity index (χ4v) is 3.54. The Morgan fingerprint density at radius 2 is 2.29 bits per heavy atom. The first-order valence-corrected chi connectivity index (χ1v) is 7.16. The largest absolute Gasteiger partial charge is 0.389 e. The number of piperidine rings is 1. The minimum Gasteiger partial charge on any atom is -0.389 e. The minimum absolute atomic E-state index is 0.348. The number of thiazole rings is 1. The maximum atomic E-state index is 10.6. The summed E-state index contributed by atoms with van der Waals surface area (Å²) in [6, 6.07) is 0. The molecule has 2 rings (SSSR count). The van der Waals surface area contributed by atoms with Crippen LogP contribution in [0.4, 0.5) is 0 Å². The lowest BCUT2D eigenvalue weighted by Crippen LogP contribution is -2.45. The van der Waals surface area contributed by atoms with Crippen molar-refractivity contribution in [2.24, 2.45) is 5.92 Å². The van der Waals surface area contributed by atoms with Gasteiger partial charge in [0.15, 0.2) is 0 Å². The molecule has 0 amide bonds. The van der Waals surface area contributed by atoms with Crippen molar-refractivity contribution in [3.63, 3.8) is 0 Å². The Morgan fingerprint density at radius 3 is 2.82 bits per heavy atom. The second-order valence-electron chi connectivity index (χ2n) is 5.33. The van der Waals surface area contributed by atoms with Crippen molar-refractivity contribution in [1.82, 2.24) is 10.3 Å². The summed E-state index contributed by atoms with van der Waals surface area (Å²) in [4.78, 5) is 5.79. The van der Waals surface area contributed by atoms with Crippen LogP contribution in [0.5, 0.6) is 0 Å².